The number of hydrogen-bond donors (Lipinski definition) is 1. The quantitative estimate of drug-likeness (QED) is 0.714. The molecular formula is C21H25BrN2O2. The third-order valence-corrected chi connectivity index (χ3v) is 4.88. The number of hydrogen-bond acceptors (Lipinski definition) is 2. The molecule has 1 atom stereocenters. The first kappa shape index (κ1) is 20.2. The Bertz CT molecular complexity index is 776. The SMILES string of the molecule is CCC(Cc1cccc(Br)c1)C(=O)Nc1cccc(CN(C)C(C)=O)c1. The summed E-state index contributed by atoms with van der Waals surface area (Å²) in [6, 6.07) is 15.7. The second kappa shape index (κ2) is 9.53. The van der Waals surface area contributed by atoms with Crippen LogP contribution in [0.2, 0.25) is 0 Å². The summed E-state index contributed by atoms with van der Waals surface area (Å²) in [5.41, 5.74) is 2.89. The highest BCUT2D eigenvalue weighted by atomic mass is 79.9. The monoisotopic (exact) mass is 416 g/mol. The number of carbonyl (C=O) groups is 2. The molecule has 0 aliphatic heterocycles. The summed E-state index contributed by atoms with van der Waals surface area (Å²) in [5, 5.41) is 3.02. The molecule has 0 spiro atoms. The second-order valence-electron chi connectivity index (χ2n) is 6.50. The van der Waals surface area contributed by atoms with Crippen molar-refractivity contribution in [3.63, 3.8) is 0 Å². The topological polar surface area (TPSA) is 49.4 Å². The van der Waals surface area contributed by atoms with Crippen molar-refractivity contribution >= 4 is 33.4 Å². The van der Waals surface area contributed by atoms with Gasteiger partial charge in [-0.25, -0.2) is 0 Å². The molecule has 0 radical (unpaired) electrons. The maximum Gasteiger partial charge on any atom is 0.227 e. The minimum absolute atomic E-state index is 0.0134. The van der Waals surface area contributed by atoms with E-state index in [-0.39, 0.29) is 17.7 Å². The molecule has 0 heterocycles. The van der Waals surface area contributed by atoms with Crippen molar-refractivity contribution < 1.29 is 9.59 Å². The zero-order chi connectivity index (χ0) is 19.1. The normalized spacial score (nSPS) is 11.7. The van der Waals surface area contributed by atoms with Crippen LogP contribution in [0.4, 0.5) is 5.69 Å². The molecule has 2 aromatic carbocycles. The van der Waals surface area contributed by atoms with E-state index in [1.807, 2.05) is 55.5 Å². The average Bonchev–Trinajstić information content (AvgIpc) is 2.59. The first-order valence-electron chi connectivity index (χ1n) is 8.75. The van der Waals surface area contributed by atoms with Gasteiger partial charge in [-0.1, -0.05) is 47.1 Å². The van der Waals surface area contributed by atoms with E-state index < -0.39 is 0 Å². The van der Waals surface area contributed by atoms with Gasteiger partial charge in [-0.2, -0.15) is 0 Å². The third kappa shape index (κ3) is 5.99. The standard InChI is InChI=1S/C21H25BrN2O2/c1-4-18(11-16-7-5-9-19(22)12-16)21(26)23-20-10-6-8-17(13-20)14-24(3)15(2)25/h5-10,12-13,18H,4,11,14H2,1-3H3,(H,23,26). The number of carbonyl (C=O) groups excluding carboxylic acids is 2. The van der Waals surface area contributed by atoms with Crippen LogP contribution in [-0.4, -0.2) is 23.8 Å². The molecular weight excluding hydrogens is 392 g/mol. The van der Waals surface area contributed by atoms with Gasteiger partial charge in [0.25, 0.3) is 0 Å². The number of rotatable bonds is 7. The molecule has 0 aromatic heterocycles. The molecule has 0 bridgehead atoms. The summed E-state index contributed by atoms with van der Waals surface area (Å²) in [6.07, 6.45) is 1.47. The maximum absolute atomic E-state index is 12.7. The van der Waals surface area contributed by atoms with E-state index in [0.717, 1.165) is 27.7 Å². The number of halogens is 1. The molecule has 4 nitrogen and oxygen atoms in total. The van der Waals surface area contributed by atoms with E-state index in [1.165, 1.54) is 0 Å². The lowest BCUT2D eigenvalue weighted by atomic mass is 9.96. The highest BCUT2D eigenvalue weighted by molar-refractivity contribution is 9.10. The minimum Gasteiger partial charge on any atom is -0.342 e. The number of anilines is 1. The minimum atomic E-state index is -0.0900. The fourth-order valence-corrected chi connectivity index (χ4v) is 3.19. The van der Waals surface area contributed by atoms with E-state index >= 15 is 0 Å². The van der Waals surface area contributed by atoms with Crippen LogP contribution in [0.3, 0.4) is 0 Å². The Kier molecular flexibility index (Phi) is 7.39. The van der Waals surface area contributed by atoms with Gasteiger partial charge in [0, 0.05) is 36.6 Å². The largest absolute Gasteiger partial charge is 0.342 e. The summed E-state index contributed by atoms with van der Waals surface area (Å²) in [5.74, 6) is -0.0584. The van der Waals surface area contributed by atoms with Gasteiger partial charge in [0.2, 0.25) is 11.8 Å². The van der Waals surface area contributed by atoms with E-state index in [2.05, 4.69) is 21.2 Å². The number of amides is 2. The van der Waals surface area contributed by atoms with Crippen molar-refractivity contribution in [3.8, 4) is 0 Å². The summed E-state index contributed by atoms with van der Waals surface area (Å²) < 4.78 is 1.02. The van der Waals surface area contributed by atoms with Gasteiger partial charge in [-0.3, -0.25) is 9.59 Å². The molecule has 2 amide bonds. The fraction of sp³-hybridized carbons (Fsp3) is 0.333. The van der Waals surface area contributed by atoms with Crippen LogP contribution in [0.1, 0.15) is 31.4 Å². The van der Waals surface area contributed by atoms with Crippen LogP contribution in [0.5, 0.6) is 0 Å². The lowest BCUT2D eigenvalue weighted by molar-refractivity contribution is -0.128. The Morgan fingerprint density at radius 1 is 1.12 bits per heavy atom. The van der Waals surface area contributed by atoms with Crippen molar-refractivity contribution in [2.75, 3.05) is 12.4 Å². The molecule has 2 aromatic rings. The molecule has 1 N–H and O–H groups in total. The van der Waals surface area contributed by atoms with Crippen molar-refractivity contribution in [2.45, 2.75) is 33.2 Å². The third-order valence-electron chi connectivity index (χ3n) is 4.39. The van der Waals surface area contributed by atoms with Crippen LogP contribution in [0, 0.1) is 5.92 Å². The van der Waals surface area contributed by atoms with Crippen molar-refractivity contribution in [3.05, 3.63) is 64.1 Å². The molecule has 26 heavy (non-hydrogen) atoms. The van der Waals surface area contributed by atoms with Crippen molar-refractivity contribution in [2.24, 2.45) is 5.92 Å². The van der Waals surface area contributed by atoms with Crippen molar-refractivity contribution in [1.29, 1.82) is 0 Å². The molecule has 0 fully saturated rings. The summed E-state index contributed by atoms with van der Waals surface area (Å²) in [6.45, 7) is 4.09. The van der Waals surface area contributed by atoms with E-state index in [4.69, 9.17) is 0 Å². The molecule has 138 valence electrons. The predicted molar refractivity (Wildman–Crippen MR) is 109 cm³/mol. The van der Waals surface area contributed by atoms with Crippen LogP contribution >= 0.6 is 15.9 Å². The number of nitrogens with one attached hydrogen (secondary N) is 1. The van der Waals surface area contributed by atoms with E-state index in [9.17, 15) is 9.59 Å². The van der Waals surface area contributed by atoms with Gasteiger partial charge >= 0.3 is 0 Å². The van der Waals surface area contributed by atoms with Crippen LogP contribution in [-0.2, 0) is 22.6 Å². The lowest BCUT2D eigenvalue weighted by Crippen LogP contribution is -2.25. The summed E-state index contributed by atoms with van der Waals surface area (Å²) in [7, 11) is 1.76. The Hall–Kier alpha value is -2.14. The summed E-state index contributed by atoms with van der Waals surface area (Å²) in [4.78, 5) is 25.7. The fourth-order valence-electron chi connectivity index (χ4n) is 2.75. The molecule has 0 saturated carbocycles. The molecule has 0 aliphatic carbocycles. The van der Waals surface area contributed by atoms with Crippen LogP contribution in [0.25, 0.3) is 0 Å². The van der Waals surface area contributed by atoms with Gasteiger partial charge in [-0.05, 0) is 48.2 Å². The van der Waals surface area contributed by atoms with Crippen LogP contribution in [0.15, 0.2) is 53.0 Å². The smallest absolute Gasteiger partial charge is 0.227 e. The predicted octanol–water partition coefficient (Wildman–Crippen LogP) is 4.63. The van der Waals surface area contributed by atoms with Gasteiger partial charge in [-0.15, -0.1) is 0 Å². The maximum atomic E-state index is 12.7. The summed E-state index contributed by atoms with van der Waals surface area (Å²) >= 11 is 3.47. The average molecular weight is 417 g/mol. The number of benzene rings is 2. The Balaban J connectivity index is 2.04. The van der Waals surface area contributed by atoms with Crippen LogP contribution < -0.4 is 5.32 Å². The first-order valence-corrected chi connectivity index (χ1v) is 9.54. The highest BCUT2D eigenvalue weighted by Gasteiger charge is 2.17. The molecule has 5 heteroatoms. The molecule has 0 saturated heterocycles. The zero-order valence-corrected chi connectivity index (χ0v) is 17.0. The van der Waals surface area contributed by atoms with E-state index in [1.54, 1.807) is 18.9 Å². The molecule has 2 rings (SSSR count). The molecule has 0 aliphatic rings. The van der Waals surface area contributed by atoms with E-state index in [0.29, 0.717) is 13.0 Å². The second-order valence-corrected chi connectivity index (χ2v) is 7.42. The van der Waals surface area contributed by atoms with Gasteiger partial charge in [0.15, 0.2) is 0 Å². The highest BCUT2D eigenvalue weighted by Crippen LogP contribution is 2.19. The Morgan fingerprint density at radius 2 is 1.81 bits per heavy atom. The Morgan fingerprint density at radius 3 is 2.46 bits per heavy atom. The molecule has 1 unspecified atom stereocenters. The van der Waals surface area contributed by atoms with Crippen molar-refractivity contribution in [1.82, 2.24) is 4.90 Å². The Labute approximate surface area is 163 Å². The zero-order valence-electron chi connectivity index (χ0n) is 15.5. The lowest BCUT2D eigenvalue weighted by Gasteiger charge is -2.17. The van der Waals surface area contributed by atoms with Gasteiger partial charge in [0.05, 0.1) is 0 Å². The number of nitrogens with zero attached hydrogens (tertiary/aromatic N) is 1. The van der Waals surface area contributed by atoms with Gasteiger partial charge < -0.3 is 10.2 Å². The van der Waals surface area contributed by atoms with Gasteiger partial charge in [0.1, 0.15) is 0 Å². The first-order chi connectivity index (χ1) is 12.4.